The molecule has 11 heavy (non-hydrogen) atoms. The minimum Gasteiger partial charge on any atom is -0.286 e. The van der Waals surface area contributed by atoms with Gasteiger partial charge < -0.3 is 0 Å². The molecule has 0 fully saturated rings. The van der Waals surface area contributed by atoms with Crippen molar-refractivity contribution in [2.45, 2.75) is 26.9 Å². The summed E-state index contributed by atoms with van der Waals surface area (Å²) in [4.78, 5) is 23.0. The molecule has 0 aromatic carbocycles. The molecule has 0 aliphatic carbocycles. The highest BCUT2D eigenvalue weighted by Gasteiger charge is 2.14. The topological polar surface area (TPSA) is 37.4 Å². The van der Waals surface area contributed by atoms with Gasteiger partial charge in [-0.1, -0.05) is 13.1 Å². The Labute approximate surface area is 69.0 Å². The quantitative estimate of drug-likeness (QED) is 0.574. The van der Waals surface area contributed by atoms with Crippen LogP contribution in [0.1, 0.15) is 13.8 Å². The fraction of sp³-hybridized carbons (Fsp3) is 0.714. The third kappa shape index (κ3) is 3.93. The van der Waals surface area contributed by atoms with E-state index in [1.807, 2.05) is 0 Å². The summed E-state index contributed by atoms with van der Waals surface area (Å²) < 4.78 is 0. The lowest BCUT2D eigenvalue weighted by Gasteiger charge is -2.18. The number of rotatable bonds is 2. The van der Waals surface area contributed by atoms with E-state index in [1.165, 1.54) is 18.7 Å². The molecule has 0 N–H and O–H groups in total. The van der Waals surface area contributed by atoms with Crippen LogP contribution in [0.15, 0.2) is 0 Å². The van der Waals surface area contributed by atoms with Crippen LogP contribution in [0.3, 0.4) is 0 Å². The molecule has 0 heterocycles. The fourth-order valence-corrected chi connectivity index (χ4v) is 1.84. The van der Waals surface area contributed by atoms with Crippen molar-refractivity contribution < 1.29 is 9.59 Å². The van der Waals surface area contributed by atoms with Gasteiger partial charge in [0.15, 0.2) is 0 Å². The molecular formula is C7H14NO2Si. The molecule has 0 aromatic heterocycles. The molecule has 63 valence electrons. The van der Waals surface area contributed by atoms with E-state index in [0.29, 0.717) is 6.17 Å². The first-order valence-corrected chi connectivity index (χ1v) is 6.23. The van der Waals surface area contributed by atoms with Gasteiger partial charge in [-0.15, -0.1) is 0 Å². The number of amides is 2. The van der Waals surface area contributed by atoms with Crippen LogP contribution < -0.4 is 0 Å². The second-order valence-electron chi connectivity index (χ2n) is 2.83. The number of hydrogen-bond donors (Lipinski definition) is 0. The van der Waals surface area contributed by atoms with Crippen molar-refractivity contribution in [1.29, 1.82) is 0 Å². The second kappa shape index (κ2) is 4.28. The summed E-state index contributed by atoms with van der Waals surface area (Å²) in [5.74, 6) is -0.299. The number of hydrogen-bond acceptors (Lipinski definition) is 2. The van der Waals surface area contributed by atoms with Gasteiger partial charge in [0.1, 0.15) is 0 Å². The first-order valence-electron chi connectivity index (χ1n) is 3.53. The Kier molecular flexibility index (Phi) is 4.03. The van der Waals surface area contributed by atoms with Crippen molar-refractivity contribution in [1.82, 2.24) is 4.90 Å². The van der Waals surface area contributed by atoms with Crippen LogP contribution >= 0.6 is 0 Å². The van der Waals surface area contributed by atoms with Crippen molar-refractivity contribution in [3.05, 3.63) is 0 Å². The summed E-state index contributed by atoms with van der Waals surface area (Å²) >= 11 is 0. The summed E-state index contributed by atoms with van der Waals surface area (Å²) in [5, 5.41) is 0. The van der Waals surface area contributed by atoms with Crippen LogP contribution in [0.25, 0.3) is 0 Å². The Morgan fingerprint density at radius 1 is 1.18 bits per heavy atom. The standard InChI is InChI=1S/C7H14NO2Si/c1-6(9)8(7(2)10)5-11(3)4/h5H2,1-4H3. The second-order valence-corrected chi connectivity index (χ2v) is 5.56. The maximum absolute atomic E-state index is 10.8. The molecule has 0 aliphatic heterocycles. The fourth-order valence-electron chi connectivity index (χ4n) is 0.761. The Morgan fingerprint density at radius 2 is 1.55 bits per heavy atom. The van der Waals surface area contributed by atoms with E-state index >= 15 is 0 Å². The highest BCUT2D eigenvalue weighted by Crippen LogP contribution is 1.93. The van der Waals surface area contributed by atoms with Crippen LogP contribution in [0.4, 0.5) is 0 Å². The predicted molar refractivity (Wildman–Crippen MR) is 45.6 cm³/mol. The molecular weight excluding hydrogens is 158 g/mol. The van der Waals surface area contributed by atoms with Crippen molar-refractivity contribution in [2.75, 3.05) is 6.17 Å². The zero-order valence-corrected chi connectivity index (χ0v) is 8.47. The maximum Gasteiger partial charge on any atom is 0.225 e. The monoisotopic (exact) mass is 172 g/mol. The average molecular weight is 172 g/mol. The molecule has 0 spiro atoms. The Morgan fingerprint density at radius 3 is 1.64 bits per heavy atom. The molecule has 4 heteroatoms. The van der Waals surface area contributed by atoms with E-state index in [0.717, 1.165) is 0 Å². The van der Waals surface area contributed by atoms with Crippen LogP contribution in [0, 0.1) is 0 Å². The Bertz CT molecular complexity index is 154. The average Bonchev–Trinajstić information content (AvgIpc) is 1.81. The summed E-state index contributed by atoms with van der Waals surface area (Å²) in [5.41, 5.74) is 0. The van der Waals surface area contributed by atoms with Crippen LogP contribution in [0.5, 0.6) is 0 Å². The van der Waals surface area contributed by atoms with Gasteiger partial charge in [-0.2, -0.15) is 0 Å². The smallest absolute Gasteiger partial charge is 0.225 e. The Hall–Kier alpha value is -0.643. The number of carbonyl (C=O) groups excluding carboxylic acids is 2. The van der Waals surface area contributed by atoms with E-state index in [1.54, 1.807) is 0 Å². The predicted octanol–water partition coefficient (Wildman–Crippen LogP) is 0.675. The third-order valence-corrected chi connectivity index (χ3v) is 2.18. The molecule has 0 rings (SSSR count). The summed E-state index contributed by atoms with van der Waals surface area (Å²) in [7, 11) is -0.538. The molecule has 0 saturated carbocycles. The van der Waals surface area contributed by atoms with Gasteiger partial charge in [0.25, 0.3) is 0 Å². The molecule has 0 aliphatic rings. The van der Waals surface area contributed by atoms with Crippen molar-refractivity contribution in [3.63, 3.8) is 0 Å². The van der Waals surface area contributed by atoms with E-state index in [9.17, 15) is 9.59 Å². The van der Waals surface area contributed by atoms with Gasteiger partial charge in [0, 0.05) is 20.0 Å². The van der Waals surface area contributed by atoms with E-state index in [-0.39, 0.29) is 11.8 Å². The molecule has 0 saturated heterocycles. The maximum atomic E-state index is 10.8. The molecule has 3 nitrogen and oxygen atoms in total. The first kappa shape index (κ1) is 10.4. The molecule has 1 radical (unpaired) electrons. The summed E-state index contributed by atoms with van der Waals surface area (Å²) in [6.07, 6.45) is 0.620. The molecule has 0 bridgehead atoms. The molecule has 0 atom stereocenters. The minimum atomic E-state index is -0.538. The first-order chi connectivity index (χ1) is 4.95. The Balaban J connectivity index is 4.12. The molecule has 0 unspecified atom stereocenters. The summed E-state index contributed by atoms with van der Waals surface area (Å²) in [6, 6.07) is 0. The van der Waals surface area contributed by atoms with Crippen LogP contribution in [-0.2, 0) is 9.59 Å². The number of nitrogens with zero attached hydrogens (tertiary/aromatic N) is 1. The largest absolute Gasteiger partial charge is 0.286 e. The third-order valence-electron chi connectivity index (χ3n) is 1.23. The van der Waals surface area contributed by atoms with Gasteiger partial charge in [-0.3, -0.25) is 14.5 Å². The molecule has 2 amide bonds. The van der Waals surface area contributed by atoms with Gasteiger partial charge in [-0.25, -0.2) is 0 Å². The lowest BCUT2D eigenvalue weighted by molar-refractivity contribution is -0.140. The zero-order chi connectivity index (χ0) is 9.02. The van der Waals surface area contributed by atoms with E-state index in [2.05, 4.69) is 13.1 Å². The van der Waals surface area contributed by atoms with E-state index in [4.69, 9.17) is 0 Å². The highest BCUT2D eigenvalue weighted by atomic mass is 28.3. The zero-order valence-electron chi connectivity index (χ0n) is 7.47. The summed E-state index contributed by atoms with van der Waals surface area (Å²) in [6.45, 7) is 6.99. The lowest BCUT2D eigenvalue weighted by atomic mass is 10.5. The van der Waals surface area contributed by atoms with Gasteiger partial charge >= 0.3 is 0 Å². The number of imide groups is 1. The van der Waals surface area contributed by atoms with Crippen molar-refractivity contribution in [3.8, 4) is 0 Å². The number of carbonyl (C=O) groups is 2. The lowest BCUT2D eigenvalue weighted by Crippen LogP contribution is -2.39. The molecule has 0 aromatic rings. The highest BCUT2D eigenvalue weighted by molar-refractivity contribution is 6.56. The SMILES string of the molecule is CC(=O)N(C[Si](C)C)C(C)=O. The van der Waals surface area contributed by atoms with Crippen molar-refractivity contribution >= 4 is 20.6 Å². The minimum absolute atomic E-state index is 0.149. The van der Waals surface area contributed by atoms with Crippen LogP contribution in [-0.4, -0.2) is 31.7 Å². The normalized spacial score (nSPS) is 9.91. The van der Waals surface area contributed by atoms with Crippen molar-refractivity contribution in [2.24, 2.45) is 0 Å². The van der Waals surface area contributed by atoms with Crippen LogP contribution in [0.2, 0.25) is 13.1 Å². The van der Waals surface area contributed by atoms with Gasteiger partial charge in [-0.05, 0) is 0 Å². The van der Waals surface area contributed by atoms with Gasteiger partial charge in [0.2, 0.25) is 11.8 Å². The van der Waals surface area contributed by atoms with Gasteiger partial charge in [0.05, 0.1) is 8.80 Å². The van der Waals surface area contributed by atoms with E-state index < -0.39 is 8.80 Å².